The van der Waals surface area contributed by atoms with Gasteiger partial charge in [0, 0.05) is 6.08 Å². The average molecular weight is 394 g/mol. The highest BCUT2D eigenvalue weighted by Crippen LogP contribution is 2.30. The number of aromatic nitrogens is 1. The van der Waals surface area contributed by atoms with Crippen LogP contribution >= 0.6 is 11.3 Å². The highest BCUT2D eigenvalue weighted by atomic mass is 32.1. The van der Waals surface area contributed by atoms with Crippen molar-refractivity contribution in [1.29, 1.82) is 0 Å². The van der Waals surface area contributed by atoms with Crippen molar-refractivity contribution in [3.63, 3.8) is 0 Å². The van der Waals surface area contributed by atoms with Crippen LogP contribution in [0.5, 0.6) is 0 Å². The van der Waals surface area contributed by atoms with E-state index >= 15 is 0 Å². The number of rotatable bonds is 4. The summed E-state index contributed by atoms with van der Waals surface area (Å²) in [6.07, 6.45) is 3.24. The van der Waals surface area contributed by atoms with Gasteiger partial charge in [0.2, 0.25) is 0 Å². The van der Waals surface area contributed by atoms with Crippen LogP contribution in [0.25, 0.3) is 6.08 Å². The van der Waals surface area contributed by atoms with E-state index in [1.165, 1.54) is 11.3 Å². The Hall–Kier alpha value is -3.19. The van der Waals surface area contributed by atoms with E-state index in [1.54, 1.807) is 42.9 Å². The predicted molar refractivity (Wildman–Crippen MR) is 106 cm³/mol. The SMILES string of the molecule is CCOC(=O)C1=C(C)N=c2sc(=Cc3ccco3)c(=O)n2C1c1ccccc1. The number of fused-ring (bicyclic) bond motifs is 1. The smallest absolute Gasteiger partial charge is 0.338 e. The Balaban J connectivity index is 1.97. The maximum absolute atomic E-state index is 13.2. The van der Waals surface area contributed by atoms with Crippen molar-refractivity contribution in [1.82, 2.24) is 4.57 Å². The van der Waals surface area contributed by atoms with Crippen LogP contribution in [0.15, 0.2) is 74.2 Å². The summed E-state index contributed by atoms with van der Waals surface area (Å²) < 4.78 is 12.7. The first-order chi connectivity index (χ1) is 13.6. The molecule has 4 rings (SSSR count). The summed E-state index contributed by atoms with van der Waals surface area (Å²) in [5, 5.41) is 0. The van der Waals surface area contributed by atoms with Gasteiger partial charge in [-0.3, -0.25) is 9.36 Å². The van der Waals surface area contributed by atoms with Crippen LogP contribution in [0.1, 0.15) is 31.2 Å². The molecule has 2 aromatic heterocycles. The first-order valence-corrected chi connectivity index (χ1v) is 9.70. The highest BCUT2D eigenvalue weighted by molar-refractivity contribution is 7.07. The topological polar surface area (TPSA) is 73.8 Å². The van der Waals surface area contributed by atoms with Crippen LogP contribution in [0, 0.1) is 0 Å². The second-order valence-corrected chi connectivity index (χ2v) is 7.24. The zero-order valence-electron chi connectivity index (χ0n) is 15.4. The van der Waals surface area contributed by atoms with Gasteiger partial charge in [-0.05, 0) is 31.5 Å². The highest BCUT2D eigenvalue weighted by Gasteiger charge is 2.33. The van der Waals surface area contributed by atoms with Crippen molar-refractivity contribution in [3.05, 3.63) is 91.0 Å². The Labute approximate surface area is 164 Å². The summed E-state index contributed by atoms with van der Waals surface area (Å²) in [7, 11) is 0. The van der Waals surface area contributed by atoms with Gasteiger partial charge >= 0.3 is 5.97 Å². The molecule has 7 heteroatoms. The number of ether oxygens (including phenoxy) is 1. The van der Waals surface area contributed by atoms with Gasteiger partial charge in [-0.25, -0.2) is 9.79 Å². The zero-order chi connectivity index (χ0) is 19.7. The Morgan fingerprint density at radius 3 is 2.75 bits per heavy atom. The molecule has 0 spiro atoms. The number of thiazole rings is 1. The van der Waals surface area contributed by atoms with Crippen molar-refractivity contribution in [2.45, 2.75) is 19.9 Å². The molecule has 0 bridgehead atoms. The minimum atomic E-state index is -0.588. The minimum Gasteiger partial charge on any atom is -0.465 e. The van der Waals surface area contributed by atoms with Gasteiger partial charge in [0.15, 0.2) is 4.80 Å². The molecular formula is C21H18N2O4S. The molecule has 3 aromatic rings. The average Bonchev–Trinajstić information content (AvgIpc) is 3.30. The van der Waals surface area contributed by atoms with Crippen molar-refractivity contribution in [2.75, 3.05) is 6.61 Å². The maximum atomic E-state index is 13.2. The molecule has 1 aromatic carbocycles. The summed E-state index contributed by atoms with van der Waals surface area (Å²) in [5.74, 6) is 0.126. The molecule has 1 unspecified atom stereocenters. The van der Waals surface area contributed by atoms with E-state index < -0.39 is 12.0 Å². The number of hydrogen-bond acceptors (Lipinski definition) is 6. The molecule has 0 aliphatic carbocycles. The second-order valence-electron chi connectivity index (χ2n) is 6.23. The standard InChI is InChI=1S/C21H18N2O4S/c1-3-26-20(25)17-13(2)22-21-23(18(17)14-8-5-4-6-9-14)19(24)16(28-21)12-15-10-7-11-27-15/h4-12,18H,3H2,1-2H3. The Bertz CT molecular complexity index is 1220. The number of esters is 1. The molecule has 0 N–H and O–H groups in total. The fraction of sp³-hybridized carbons (Fsp3) is 0.190. The first-order valence-electron chi connectivity index (χ1n) is 8.88. The summed E-state index contributed by atoms with van der Waals surface area (Å²) in [5.41, 5.74) is 1.54. The second kappa shape index (κ2) is 7.44. The van der Waals surface area contributed by atoms with Crippen LogP contribution in [0.3, 0.4) is 0 Å². The molecular weight excluding hydrogens is 376 g/mol. The van der Waals surface area contributed by atoms with E-state index in [9.17, 15) is 9.59 Å². The van der Waals surface area contributed by atoms with Crippen molar-refractivity contribution in [3.8, 4) is 0 Å². The lowest BCUT2D eigenvalue weighted by molar-refractivity contribution is -0.139. The molecule has 0 saturated carbocycles. The largest absolute Gasteiger partial charge is 0.465 e. The number of carbonyl (C=O) groups is 1. The Kier molecular flexibility index (Phi) is 4.83. The number of benzene rings is 1. The number of nitrogens with zero attached hydrogens (tertiary/aromatic N) is 2. The molecule has 28 heavy (non-hydrogen) atoms. The van der Waals surface area contributed by atoms with Gasteiger partial charge in [0.05, 0.1) is 34.7 Å². The lowest BCUT2D eigenvalue weighted by atomic mass is 9.96. The minimum absolute atomic E-state index is 0.219. The van der Waals surface area contributed by atoms with Crippen LogP contribution in [-0.4, -0.2) is 17.1 Å². The summed E-state index contributed by atoms with van der Waals surface area (Å²) >= 11 is 1.27. The van der Waals surface area contributed by atoms with Crippen molar-refractivity contribution >= 4 is 23.4 Å². The molecule has 0 amide bonds. The zero-order valence-corrected chi connectivity index (χ0v) is 16.2. The van der Waals surface area contributed by atoms with Crippen molar-refractivity contribution in [2.24, 2.45) is 4.99 Å². The van der Waals surface area contributed by atoms with Crippen LogP contribution in [0.2, 0.25) is 0 Å². The summed E-state index contributed by atoms with van der Waals surface area (Å²) in [6, 6.07) is 12.4. The van der Waals surface area contributed by atoms with Crippen LogP contribution < -0.4 is 14.9 Å². The van der Waals surface area contributed by atoms with Crippen molar-refractivity contribution < 1.29 is 13.9 Å². The molecule has 0 fully saturated rings. The molecule has 0 radical (unpaired) electrons. The number of hydrogen-bond donors (Lipinski definition) is 0. The Morgan fingerprint density at radius 1 is 1.29 bits per heavy atom. The first kappa shape index (κ1) is 18.2. The van der Waals surface area contributed by atoms with Crippen LogP contribution in [-0.2, 0) is 9.53 Å². The lowest BCUT2D eigenvalue weighted by Crippen LogP contribution is -2.39. The molecule has 6 nitrogen and oxygen atoms in total. The number of furan rings is 1. The van der Waals surface area contributed by atoms with E-state index in [2.05, 4.69) is 4.99 Å². The fourth-order valence-corrected chi connectivity index (χ4v) is 4.27. The van der Waals surface area contributed by atoms with Gasteiger partial charge in [0.1, 0.15) is 5.76 Å². The molecule has 1 atom stereocenters. The third-order valence-corrected chi connectivity index (χ3v) is 5.43. The fourth-order valence-electron chi connectivity index (χ4n) is 3.24. The number of allylic oxidation sites excluding steroid dienone is 1. The molecule has 1 aliphatic rings. The van der Waals surface area contributed by atoms with Gasteiger partial charge < -0.3 is 9.15 Å². The monoisotopic (exact) mass is 394 g/mol. The van der Waals surface area contributed by atoms with Gasteiger partial charge in [0.25, 0.3) is 5.56 Å². The summed E-state index contributed by atoms with van der Waals surface area (Å²) in [6.45, 7) is 3.77. The summed E-state index contributed by atoms with van der Waals surface area (Å²) in [4.78, 5) is 31.0. The van der Waals surface area contributed by atoms with E-state index in [4.69, 9.17) is 9.15 Å². The van der Waals surface area contributed by atoms with E-state index in [-0.39, 0.29) is 12.2 Å². The normalized spacial score (nSPS) is 16.6. The third kappa shape index (κ3) is 3.14. The van der Waals surface area contributed by atoms with E-state index in [0.717, 1.165) is 5.56 Å². The molecule has 0 saturated heterocycles. The predicted octanol–water partition coefficient (Wildman–Crippen LogP) is 2.39. The van der Waals surface area contributed by atoms with Gasteiger partial charge in [-0.1, -0.05) is 41.7 Å². The maximum Gasteiger partial charge on any atom is 0.338 e. The quantitative estimate of drug-likeness (QED) is 0.637. The molecule has 142 valence electrons. The van der Waals surface area contributed by atoms with E-state index in [0.29, 0.717) is 26.4 Å². The molecule has 1 aliphatic heterocycles. The molecule has 3 heterocycles. The number of carbonyl (C=O) groups excluding carboxylic acids is 1. The third-order valence-electron chi connectivity index (χ3n) is 4.45. The van der Waals surface area contributed by atoms with Gasteiger partial charge in [-0.15, -0.1) is 0 Å². The van der Waals surface area contributed by atoms with Gasteiger partial charge in [-0.2, -0.15) is 0 Å². The van der Waals surface area contributed by atoms with Crippen LogP contribution in [0.4, 0.5) is 0 Å². The lowest BCUT2D eigenvalue weighted by Gasteiger charge is -2.24. The Morgan fingerprint density at radius 2 is 2.07 bits per heavy atom. The van der Waals surface area contributed by atoms with E-state index in [1.807, 2.05) is 30.3 Å².